The molecule has 146 valence electrons. The van der Waals surface area contributed by atoms with Crippen LogP contribution in [0.1, 0.15) is 36.6 Å². The predicted octanol–water partition coefficient (Wildman–Crippen LogP) is 4.29. The molecule has 1 aromatic carbocycles. The van der Waals surface area contributed by atoms with E-state index in [2.05, 4.69) is 10.1 Å². The number of amides is 1. The fourth-order valence-electron chi connectivity index (χ4n) is 3.32. The lowest BCUT2D eigenvalue weighted by atomic mass is 10.0. The van der Waals surface area contributed by atoms with Crippen LogP contribution in [-0.4, -0.2) is 33.3 Å². The van der Waals surface area contributed by atoms with Crippen molar-refractivity contribution in [3.63, 3.8) is 0 Å². The van der Waals surface area contributed by atoms with Crippen molar-refractivity contribution in [1.29, 1.82) is 0 Å². The van der Waals surface area contributed by atoms with E-state index in [9.17, 15) is 9.59 Å². The van der Waals surface area contributed by atoms with E-state index < -0.39 is 12.8 Å². The molecule has 4 aromatic rings. The summed E-state index contributed by atoms with van der Waals surface area (Å²) in [5.41, 5.74) is 3.43. The van der Waals surface area contributed by atoms with E-state index >= 15 is 0 Å². The Balaban J connectivity index is 1.81. The molecular formula is C22H20N4O2S. The van der Waals surface area contributed by atoms with Crippen LogP contribution < -0.4 is 4.90 Å². The van der Waals surface area contributed by atoms with E-state index in [1.807, 2.05) is 26.0 Å². The van der Waals surface area contributed by atoms with Gasteiger partial charge in [-0.25, -0.2) is 9.50 Å². The van der Waals surface area contributed by atoms with Gasteiger partial charge in [-0.3, -0.25) is 9.59 Å². The fourth-order valence-corrected chi connectivity index (χ4v) is 4.14. The Morgan fingerprint density at radius 1 is 1.17 bits per heavy atom. The van der Waals surface area contributed by atoms with Crippen LogP contribution in [0.5, 0.6) is 0 Å². The van der Waals surface area contributed by atoms with Gasteiger partial charge in [0.05, 0.1) is 22.3 Å². The second kappa shape index (κ2) is 7.25. The monoisotopic (exact) mass is 407 g/mol. The third kappa shape index (κ3) is 3.23. The van der Waals surface area contributed by atoms with E-state index in [4.69, 9.17) is 4.11 Å². The minimum Gasteiger partial charge on any atom is -0.315 e. The zero-order valence-corrected chi connectivity index (χ0v) is 16.9. The molecule has 3 heterocycles. The number of carbonyl (C=O) groups is 2. The second-order valence-electron chi connectivity index (χ2n) is 6.68. The number of nitrogens with zero attached hydrogens (tertiary/aromatic N) is 4. The van der Waals surface area contributed by atoms with Crippen LogP contribution in [0.4, 0.5) is 5.69 Å². The Morgan fingerprint density at radius 3 is 2.72 bits per heavy atom. The molecule has 0 N–H and O–H groups in total. The number of thiophene rings is 1. The average Bonchev–Trinajstić information content (AvgIpc) is 3.38. The molecular weight excluding hydrogens is 384 g/mol. The van der Waals surface area contributed by atoms with Gasteiger partial charge in [-0.2, -0.15) is 5.10 Å². The molecule has 0 aliphatic rings. The van der Waals surface area contributed by atoms with Gasteiger partial charge in [0.15, 0.2) is 5.65 Å². The fraction of sp³-hybridized carbons (Fsp3) is 0.182. The highest BCUT2D eigenvalue weighted by atomic mass is 32.1. The van der Waals surface area contributed by atoms with Gasteiger partial charge in [-0.05, 0) is 43.7 Å². The zero-order chi connectivity index (χ0) is 23.2. The van der Waals surface area contributed by atoms with Crippen molar-refractivity contribution in [3.05, 3.63) is 69.7 Å². The molecule has 3 aromatic heterocycles. The van der Waals surface area contributed by atoms with Gasteiger partial charge in [0.2, 0.25) is 11.7 Å². The molecule has 1 amide bonds. The van der Waals surface area contributed by atoms with Crippen molar-refractivity contribution in [1.82, 2.24) is 14.6 Å². The highest BCUT2D eigenvalue weighted by molar-refractivity contribution is 7.14. The van der Waals surface area contributed by atoms with E-state index in [1.165, 1.54) is 24.6 Å². The molecule has 0 aliphatic carbocycles. The molecule has 6 nitrogen and oxygen atoms in total. The summed E-state index contributed by atoms with van der Waals surface area (Å²) < 4.78 is 23.8. The molecule has 0 fully saturated rings. The summed E-state index contributed by atoms with van der Waals surface area (Å²) in [6.07, 6.45) is 3.11. The Bertz CT molecular complexity index is 1360. The first-order valence-corrected chi connectivity index (χ1v) is 9.73. The number of fused-ring (bicyclic) bond motifs is 1. The summed E-state index contributed by atoms with van der Waals surface area (Å²) in [6, 6.07) is 10.7. The second-order valence-corrected chi connectivity index (χ2v) is 7.96. The van der Waals surface area contributed by atoms with Crippen molar-refractivity contribution in [2.24, 2.45) is 0 Å². The van der Waals surface area contributed by atoms with Gasteiger partial charge >= 0.3 is 0 Å². The third-order valence-electron chi connectivity index (χ3n) is 4.86. The lowest BCUT2D eigenvalue weighted by molar-refractivity contribution is -0.116. The maximum absolute atomic E-state index is 13.0. The molecule has 0 bridgehead atoms. The maximum Gasteiger partial charge on any atom is 0.223 e. The molecule has 0 saturated heterocycles. The number of ketones is 1. The van der Waals surface area contributed by atoms with Crippen LogP contribution >= 0.6 is 11.3 Å². The molecule has 0 aliphatic heterocycles. The van der Waals surface area contributed by atoms with Crippen LogP contribution in [0.3, 0.4) is 0 Å². The van der Waals surface area contributed by atoms with Gasteiger partial charge in [0, 0.05) is 40.3 Å². The van der Waals surface area contributed by atoms with E-state index in [0.29, 0.717) is 33.0 Å². The van der Waals surface area contributed by atoms with E-state index in [0.717, 1.165) is 15.3 Å². The van der Waals surface area contributed by atoms with Crippen molar-refractivity contribution in [2.45, 2.75) is 20.7 Å². The summed E-state index contributed by atoms with van der Waals surface area (Å²) >= 11 is 1.42. The van der Waals surface area contributed by atoms with Crippen LogP contribution in [-0.2, 0) is 4.79 Å². The van der Waals surface area contributed by atoms with E-state index in [-0.39, 0.29) is 5.78 Å². The summed E-state index contributed by atoms with van der Waals surface area (Å²) in [4.78, 5) is 32.4. The lowest BCUT2D eigenvalue weighted by Gasteiger charge is -2.20. The smallest absolute Gasteiger partial charge is 0.223 e. The number of aryl methyl sites for hydroxylation is 1. The minimum atomic E-state index is -2.74. The number of anilines is 1. The molecule has 0 unspecified atom stereocenters. The molecule has 0 saturated carbocycles. The van der Waals surface area contributed by atoms with Crippen LogP contribution in [0.2, 0.25) is 0 Å². The Labute approximate surface area is 176 Å². The Morgan fingerprint density at radius 2 is 2.00 bits per heavy atom. The SMILES string of the molecule is [2H]C([2H])([2H])C(=O)N(C)c1cccc(-c2ccnc3c(C(=O)c4ccc(C)s4)cnn23)c1C. The van der Waals surface area contributed by atoms with Gasteiger partial charge < -0.3 is 4.90 Å². The predicted molar refractivity (Wildman–Crippen MR) is 115 cm³/mol. The summed E-state index contributed by atoms with van der Waals surface area (Å²) in [5.74, 6) is -1.10. The maximum atomic E-state index is 13.0. The summed E-state index contributed by atoms with van der Waals surface area (Å²) in [7, 11) is 1.44. The number of hydrogen-bond acceptors (Lipinski definition) is 5. The summed E-state index contributed by atoms with van der Waals surface area (Å²) in [6.45, 7) is 1.01. The van der Waals surface area contributed by atoms with Crippen molar-refractivity contribution < 1.29 is 13.7 Å². The number of carbonyl (C=O) groups excluding carboxylic acids is 2. The van der Waals surface area contributed by atoms with Crippen LogP contribution in [0.25, 0.3) is 16.9 Å². The first-order valence-electron chi connectivity index (χ1n) is 10.4. The van der Waals surface area contributed by atoms with Crippen LogP contribution in [0.15, 0.2) is 48.8 Å². The standard InChI is InChI=1S/C22H20N4O2S/c1-13-8-9-20(29-13)21(28)17-12-24-26-19(10-11-23-22(17)26)16-6-5-7-18(14(16)2)25(4)15(3)27/h5-12H,1-4H3/i3D3. The Hall–Kier alpha value is -3.32. The molecule has 7 heteroatoms. The molecule has 29 heavy (non-hydrogen) atoms. The Kier molecular flexibility index (Phi) is 3.90. The third-order valence-corrected chi connectivity index (χ3v) is 5.86. The normalized spacial score (nSPS) is 13.0. The van der Waals surface area contributed by atoms with Crippen molar-refractivity contribution >= 4 is 34.4 Å². The zero-order valence-electron chi connectivity index (χ0n) is 19.1. The highest BCUT2D eigenvalue weighted by Gasteiger charge is 2.20. The molecule has 0 atom stereocenters. The van der Waals surface area contributed by atoms with Gasteiger partial charge in [0.25, 0.3) is 0 Å². The number of benzene rings is 1. The first kappa shape index (κ1) is 15.6. The van der Waals surface area contributed by atoms with Crippen LogP contribution in [0, 0.1) is 13.8 Å². The molecule has 0 spiro atoms. The van der Waals surface area contributed by atoms with Gasteiger partial charge in [0.1, 0.15) is 0 Å². The van der Waals surface area contributed by atoms with E-state index in [1.54, 1.807) is 35.0 Å². The molecule has 4 rings (SSSR count). The summed E-state index contributed by atoms with van der Waals surface area (Å²) in [5, 5.41) is 4.41. The van der Waals surface area contributed by atoms with Crippen molar-refractivity contribution in [3.8, 4) is 11.3 Å². The topological polar surface area (TPSA) is 67.6 Å². The number of rotatable bonds is 4. The van der Waals surface area contributed by atoms with Gasteiger partial charge in [-0.15, -0.1) is 11.3 Å². The largest absolute Gasteiger partial charge is 0.315 e. The number of hydrogen-bond donors (Lipinski definition) is 0. The first-order chi connectivity index (χ1) is 15.1. The van der Waals surface area contributed by atoms with Crippen molar-refractivity contribution in [2.75, 3.05) is 11.9 Å². The number of aromatic nitrogens is 3. The lowest BCUT2D eigenvalue weighted by Crippen LogP contribution is -2.23. The minimum absolute atomic E-state index is 0.142. The highest BCUT2D eigenvalue weighted by Crippen LogP contribution is 2.31. The quantitative estimate of drug-likeness (QED) is 0.473. The van der Waals surface area contributed by atoms with Gasteiger partial charge in [-0.1, -0.05) is 12.1 Å². The molecule has 0 radical (unpaired) electrons. The average molecular weight is 408 g/mol.